The van der Waals surface area contributed by atoms with Crippen LogP contribution in [-0.2, 0) is 4.79 Å². The van der Waals surface area contributed by atoms with Gasteiger partial charge in [-0.25, -0.2) is 0 Å². The summed E-state index contributed by atoms with van der Waals surface area (Å²) >= 11 is 0. The number of aromatic hydroxyl groups is 1. The lowest BCUT2D eigenvalue weighted by atomic mass is 10.0. The number of hydrogen-bond acceptors (Lipinski definition) is 3. The van der Waals surface area contributed by atoms with E-state index in [9.17, 15) is 18.3 Å². The van der Waals surface area contributed by atoms with Crippen LogP contribution in [0.1, 0.15) is 50.7 Å². The summed E-state index contributed by atoms with van der Waals surface area (Å²) in [7, 11) is 0. The van der Waals surface area contributed by atoms with E-state index in [4.69, 9.17) is 15.0 Å². The van der Waals surface area contributed by atoms with Gasteiger partial charge in [0.05, 0.1) is 6.10 Å². The Kier molecular flexibility index (Phi) is 9.24. The minimum atomic E-state index is -4.09. The molecule has 126 valence electrons. The summed E-state index contributed by atoms with van der Waals surface area (Å²) in [4.78, 5) is 9.00. The lowest BCUT2D eigenvalue weighted by Crippen LogP contribution is -2.06. The Bertz CT molecular complexity index is 425. The number of carbonyl (C=O) groups is 1. The number of benzene rings is 1. The summed E-state index contributed by atoms with van der Waals surface area (Å²) in [5.41, 5.74) is 0.670. The highest BCUT2D eigenvalue weighted by Crippen LogP contribution is 2.25. The summed E-state index contributed by atoms with van der Waals surface area (Å²) in [6, 6.07) is 6.16. The molecule has 0 aliphatic carbocycles. The largest absolute Gasteiger partial charge is 0.508 e. The second kappa shape index (κ2) is 10.0. The van der Waals surface area contributed by atoms with Gasteiger partial charge in [0.25, 0.3) is 5.97 Å². The number of aliphatic carboxylic acids is 1. The molecule has 1 aromatic rings. The fraction of sp³-hybridized carbons (Fsp3) is 0.533. The number of carboxylic acids is 1. The van der Waals surface area contributed by atoms with Gasteiger partial charge in [-0.15, -0.1) is 0 Å². The number of phenolic OH excluding ortho intramolecular Hbond substituents is 1. The number of phenols is 1. The first-order valence-corrected chi connectivity index (χ1v) is 6.85. The molecular weight excluding hydrogens is 301 g/mol. The molecule has 0 saturated carbocycles. The zero-order valence-electron chi connectivity index (χ0n) is 12.3. The molecule has 4 nitrogen and oxygen atoms in total. The topological polar surface area (TPSA) is 77.8 Å². The second-order valence-corrected chi connectivity index (χ2v) is 4.84. The Morgan fingerprint density at radius 1 is 1.14 bits per heavy atom. The number of aliphatic hydroxyl groups excluding tert-OH is 1. The first-order chi connectivity index (χ1) is 10.1. The average molecular weight is 322 g/mol. The van der Waals surface area contributed by atoms with Gasteiger partial charge in [-0.3, -0.25) is 4.79 Å². The zero-order valence-corrected chi connectivity index (χ0v) is 12.3. The van der Waals surface area contributed by atoms with Gasteiger partial charge in [0, 0.05) is 13.3 Å². The molecule has 1 aromatic carbocycles. The molecule has 1 atom stereocenters. The first-order valence-electron chi connectivity index (χ1n) is 6.85. The molecule has 0 radical (unpaired) electrons. The molecule has 0 aliphatic heterocycles. The molecule has 0 heterocycles. The summed E-state index contributed by atoms with van der Waals surface area (Å²) in [5, 5.41) is 26.3. The maximum atomic E-state index is 11.9. The van der Waals surface area contributed by atoms with Crippen molar-refractivity contribution in [3.63, 3.8) is 0 Å². The van der Waals surface area contributed by atoms with E-state index in [1.54, 1.807) is 12.1 Å². The predicted octanol–water partition coefficient (Wildman–Crippen LogP) is 4.03. The van der Waals surface area contributed by atoms with E-state index in [2.05, 4.69) is 0 Å². The van der Waals surface area contributed by atoms with E-state index < -0.39 is 24.7 Å². The van der Waals surface area contributed by atoms with Crippen molar-refractivity contribution in [3.8, 4) is 5.75 Å². The van der Waals surface area contributed by atoms with Gasteiger partial charge >= 0.3 is 6.18 Å². The molecule has 7 heteroatoms. The molecule has 22 heavy (non-hydrogen) atoms. The Morgan fingerprint density at radius 3 is 2.09 bits per heavy atom. The number of halogens is 3. The summed E-state index contributed by atoms with van der Waals surface area (Å²) in [6.07, 6.45) is -3.99. The zero-order chi connectivity index (χ0) is 17.2. The SMILES string of the molecule is CC(=O)O.Oc1ccc(C(O)CCCCCC(F)(F)F)cc1. The van der Waals surface area contributed by atoms with Crippen LogP contribution in [0.25, 0.3) is 0 Å². The van der Waals surface area contributed by atoms with Crippen molar-refractivity contribution >= 4 is 5.97 Å². The molecular formula is C15H21F3O4. The maximum Gasteiger partial charge on any atom is 0.389 e. The molecule has 0 amide bonds. The average Bonchev–Trinajstić information content (AvgIpc) is 2.37. The highest BCUT2D eigenvalue weighted by Gasteiger charge is 2.25. The quantitative estimate of drug-likeness (QED) is 0.691. The fourth-order valence-electron chi connectivity index (χ4n) is 1.70. The predicted molar refractivity (Wildman–Crippen MR) is 75.5 cm³/mol. The van der Waals surface area contributed by atoms with Gasteiger partial charge in [-0.2, -0.15) is 13.2 Å². The molecule has 0 saturated heterocycles. The molecule has 3 N–H and O–H groups in total. The molecule has 0 aromatic heterocycles. The molecule has 0 bridgehead atoms. The Morgan fingerprint density at radius 2 is 1.64 bits per heavy atom. The van der Waals surface area contributed by atoms with E-state index >= 15 is 0 Å². The van der Waals surface area contributed by atoms with Gasteiger partial charge in [-0.05, 0) is 30.5 Å². The summed E-state index contributed by atoms with van der Waals surface area (Å²) in [6.45, 7) is 1.08. The molecule has 0 aliphatic rings. The van der Waals surface area contributed by atoms with Gasteiger partial charge < -0.3 is 15.3 Å². The monoisotopic (exact) mass is 322 g/mol. The van der Waals surface area contributed by atoms with Crippen molar-refractivity contribution < 1.29 is 33.3 Å². The number of carboxylic acid groups (broad SMARTS) is 1. The Labute approximate surface area is 127 Å². The van der Waals surface area contributed by atoms with Crippen LogP contribution in [-0.4, -0.2) is 27.5 Å². The summed E-state index contributed by atoms with van der Waals surface area (Å²) in [5.74, 6) is -0.712. The first kappa shape index (κ1) is 20.2. The molecule has 1 rings (SSSR count). The summed E-state index contributed by atoms with van der Waals surface area (Å²) < 4.78 is 35.6. The highest BCUT2D eigenvalue weighted by atomic mass is 19.4. The third kappa shape index (κ3) is 12.0. The van der Waals surface area contributed by atoms with Gasteiger partial charge in [-0.1, -0.05) is 25.0 Å². The standard InChI is InChI=1S/C13H17F3O2.C2H4O2/c14-13(15,16)9-3-1-2-4-12(18)10-5-7-11(17)8-6-10;1-2(3)4/h5-8,12,17-18H,1-4,9H2;1H3,(H,3,4). The van der Waals surface area contributed by atoms with Crippen molar-refractivity contribution in [2.24, 2.45) is 0 Å². The van der Waals surface area contributed by atoms with Crippen LogP contribution in [0.5, 0.6) is 5.75 Å². The number of alkyl halides is 3. The Balaban J connectivity index is 0.000000980. The van der Waals surface area contributed by atoms with E-state index in [1.165, 1.54) is 12.1 Å². The van der Waals surface area contributed by atoms with E-state index in [0.29, 0.717) is 24.8 Å². The lowest BCUT2D eigenvalue weighted by molar-refractivity contribution is -0.136. The van der Waals surface area contributed by atoms with Crippen LogP contribution in [0, 0.1) is 0 Å². The van der Waals surface area contributed by atoms with Crippen molar-refractivity contribution in [3.05, 3.63) is 29.8 Å². The van der Waals surface area contributed by atoms with Crippen LogP contribution in [0.2, 0.25) is 0 Å². The van der Waals surface area contributed by atoms with E-state index in [0.717, 1.165) is 6.92 Å². The van der Waals surface area contributed by atoms with Crippen molar-refractivity contribution in [1.29, 1.82) is 0 Å². The van der Waals surface area contributed by atoms with Crippen LogP contribution in [0.15, 0.2) is 24.3 Å². The highest BCUT2D eigenvalue weighted by molar-refractivity contribution is 5.62. The third-order valence-corrected chi connectivity index (χ3v) is 2.72. The van der Waals surface area contributed by atoms with Crippen molar-refractivity contribution in [1.82, 2.24) is 0 Å². The smallest absolute Gasteiger partial charge is 0.389 e. The minimum absolute atomic E-state index is 0.103. The number of unbranched alkanes of at least 4 members (excludes halogenated alkanes) is 2. The Hall–Kier alpha value is -1.76. The van der Waals surface area contributed by atoms with Crippen LogP contribution in [0.3, 0.4) is 0 Å². The number of aliphatic hydroxyl groups is 1. The normalized spacial score (nSPS) is 12.2. The minimum Gasteiger partial charge on any atom is -0.508 e. The van der Waals surface area contributed by atoms with Gasteiger partial charge in [0.1, 0.15) is 5.75 Å². The van der Waals surface area contributed by atoms with Crippen molar-refractivity contribution in [2.45, 2.75) is 51.3 Å². The molecule has 0 spiro atoms. The van der Waals surface area contributed by atoms with E-state index in [-0.39, 0.29) is 12.2 Å². The fourth-order valence-corrected chi connectivity index (χ4v) is 1.70. The van der Waals surface area contributed by atoms with E-state index in [1.807, 2.05) is 0 Å². The van der Waals surface area contributed by atoms with Gasteiger partial charge in [0.2, 0.25) is 0 Å². The lowest BCUT2D eigenvalue weighted by Gasteiger charge is -2.11. The molecule has 0 fully saturated rings. The van der Waals surface area contributed by atoms with Crippen molar-refractivity contribution in [2.75, 3.05) is 0 Å². The third-order valence-electron chi connectivity index (χ3n) is 2.72. The second-order valence-electron chi connectivity index (χ2n) is 4.84. The van der Waals surface area contributed by atoms with Crippen LogP contribution < -0.4 is 0 Å². The number of rotatable bonds is 6. The maximum absolute atomic E-state index is 11.9. The number of hydrogen-bond donors (Lipinski definition) is 3. The van der Waals surface area contributed by atoms with Crippen LogP contribution >= 0.6 is 0 Å². The van der Waals surface area contributed by atoms with Crippen LogP contribution in [0.4, 0.5) is 13.2 Å². The van der Waals surface area contributed by atoms with Gasteiger partial charge in [0.15, 0.2) is 0 Å². The molecule has 1 unspecified atom stereocenters.